The smallest absolute Gasteiger partial charge is 0.305 e. The molecule has 0 spiro atoms. The second-order valence-corrected chi connectivity index (χ2v) is 28.8. The van der Waals surface area contributed by atoms with Crippen LogP contribution in [0.25, 0.3) is 0 Å². The second kappa shape index (κ2) is 79.8. The molecule has 90 heavy (non-hydrogen) atoms. The van der Waals surface area contributed by atoms with Gasteiger partial charge < -0.3 is 20.3 Å². The van der Waals surface area contributed by atoms with Crippen LogP contribution in [0.5, 0.6) is 0 Å². The molecule has 0 saturated carbocycles. The monoisotopic (exact) mass is 1270 g/mol. The number of aliphatic hydroxyl groups is 2. The van der Waals surface area contributed by atoms with E-state index in [1.165, 1.54) is 398 Å². The van der Waals surface area contributed by atoms with Crippen molar-refractivity contribution in [2.24, 2.45) is 0 Å². The van der Waals surface area contributed by atoms with Gasteiger partial charge in [-0.1, -0.05) is 430 Å². The van der Waals surface area contributed by atoms with Crippen molar-refractivity contribution in [3.63, 3.8) is 0 Å². The van der Waals surface area contributed by atoms with Crippen molar-refractivity contribution in [2.75, 3.05) is 13.2 Å². The largest absolute Gasteiger partial charge is 0.466 e. The molecule has 0 aliphatic heterocycles. The molecule has 0 aromatic carbocycles. The van der Waals surface area contributed by atoms with E-state index in [2.05, 4.69) is 43.5 Å². The summed E-state index contributed by atoms with van der Waals surface area (Å²) in [5.74, 6) is -0.00439. The van der Waals surface area contributed by atoms with Crippen molar-refractivity contribution < 1.29 is 24.5 Å². The third-order valence-corrected chi connectivity index (χ3v) is 19.8. The van der Waals surface area contributed by atoms with Gasteiger partial charge in [-0.3, -0.25) is 9.59 Å². The van der Waals surface area contributed by atoms with Crippen LogP contribution in [-0.4, -0.2) is 47.4 Å². The highest BCUT2D eigenvalue weighted by Crippen LogP contribution is 2.20. The number of allylic oxidation sites excluding steroid dienone is 4. The Kier molecular flexibility index (Phi) is 78.3. The van der Waals surface area contributed by atoms with Crippen molar-refractivity contribution in [1.29, 1.82) is 0 Å². The number of ether oxygens (including phenoxy) is 1. The molecule has 0 aromatic rings. The quantitative estimate of drug-likeness (QED) is 0.0320. The van der Waals surface area contributed by atoms with Gasteiger partial charge in [0.1, 0.15) is 0 Å². The van der Waals surface area contributed by atoms with Crippen LogP contribution in [0.15, 0.2) is 24.3 Å². The molecule has 3 N–H and O–H groups in total. The van der Waals surface area contributed by atoms with Gasteiger partial charge in [0.05, 0.1) is 25.4 Å². The molecule has 0 rings (SSSR count). The van der Waals surface area contributed by atoms with Gasteiger partial charge in [-0.05, 0) is 57.8 Å². The molecule has 0 aromatic heterocycles. The standard InChI is InChI=1S/C84H163NO5/c1-3-5-7-9-11-13-15-17-19-20-21-22-40-43-46-49-52-56-60-64-68-72-76-82(87)81(80-86)85-83(88)77-73-69-65-61-57-53-50-47-44-41-38-36-34-32-30-28-26-24-23-25-27-29-31-33-35-37-39-42-45-48-51-55-59-63-67-71-75-79-90-84(89)78-74-70-66-62-58-54-18-16-14-12-10-8-6-4-2/h23,25,29,31,81-82,86-87H,3-22,24,26-28,30,32-80H2,1-2H3,(H,85,88)/b25-23-,31-29-. The van der Waals surface area contributed by atoms with Crippen LogP contribution in [0.2, 0.25) is 0 Å². The van der Waals surface area contributed by atoms with Gasteiger partial charge >= 0.3 is 5.97 Å². The van der Waals surface area contributed by atoms with Crippen molar-refractivity contribution in [3.05, 3.63) is 24.3 Å². The summed E-state index contributed by atoms with van der Waals surface area (Å²) in [6.45, 7) is 5.01. The molecule has 534 valence electrons. The summed E-state index contributed by atoms with van der Waals surface area (Å²) in [5.41, 5.74) is 0. The number of carbonyl (C=O) groups excluding carboxylic acids is 2. The molecule has 0 heterocycles. The highest BCUT2D eigenvalue weighted by Gasteiger charge is 2.20. The summed E-state index contributed by atoms with van der Waals surface area (Å²) in [6, 6.07) is -0.540. The minimum absolute atomic E-state index is 0.0221. The van der Waals surface area contributed by atoms with Gasteiger partial charge in [0.25, 0.3) is 0 Å². The Bertz CT molecular complexity index is 1410. The number of carbonyl (C=O) groups is 2. The van der Waals surface area contributed by atoms with Crippen LogP contribution in [0.3, 0.4) is 0 Å². The van der Waals surface area contributed by atoms with Crippen LogP contribution in [-0.2, 0) is 14.3 Å². The minimum Gasteiger partial charge on any atom is -0.466 e. The lowest BCUT2D eigenvalue weighted by molar-refractivity contribution is -0.143. The fourth-order valence-corrected chi connectivity index (χ4v) is 13.4. The molecule has 0 radical (unpaired) electrons. The summed E-state index contributed by atoms with van der Waals surface area (Å²) in [5, 5.41) is 23.5. The number of amides is 1. The highest BCUT2D eigenvalue weighted by molar-refractivity contribution is 5.76. The van der Waals surface area contributed by atoms with E-state index in [9.17, 15) is 19.8 Å². The molecule has 2 unspecified atom stereocenters. The zero-order valence-electron chi connectivity index (χ0n) is 61.4. The highest BCUT2D eigenvalue weighted by atomic mass is 16.5. The maximum atomic E-state index is 12.6. The molecule has 1 amide bonds. The first-order valence-corrected chi connectivity index (χ1v) is 41.6. The lowest BCUT2D eigenvalue weighted by atomic mass is 10.0. The Labute approximate surface area is 564 Å². The van der Waals surface area contributed by atoms with Gasteiger partial charge in [0.15, 0.2) is 0 Å². The van der Waals surface area contributed by atoms with Crippen LogP contribution in [0, 0.1) is 0 Å². The van der Waals surface area contributed by atoms with Crippen molar-refractivity contribution in [1.82, 2.24) is 5.32 Å². The fraction of sp³-hybridized carbons (Fsp3) is 0.929. The summed E-state index contributed by atoms with van der Waals surface area (Å²) < 4.78 is 5.50. The number of unbranched alkanes of at least 4 members (excludes halogenated alkanes) is 64. The zero-order chi connectivity index (χ0) is 64.9. The number of esters is 1. The number of aliphatic hydroxyl groups excluding tert-OH is 2. The van der Waals surface area contributed by atoms with Crippen LogP contribution >= 0.6 is 0 Å². The van der Waals surface area contributed by atoms with E-state index in [4.69, 9.17) is 4.74 Å². The first kappa shape index (κ1) is 88.3. The van der Waals surface area contributed by atoms with E-state index in [-0.39, 0.29) is 18.5 Å². The Morgan fingerprint density at radius 2 is 0.556 bits per heavy atom. The summed E-state index contributed by atoms with van der Waals surface area (Å²) in [4.78, 5) is 24.7. The molecule has 0 aliphatic rings. The summed E-state index contributed by atoms with van der Waals surface area (Å²) >= 11 is 0. The molecule has 0 bridgehead atoms. The molecule has 0 saturated heterocycles. The molecule has 0 fully saturated rings. The van der Waals surface area contributed by atoms with Crippen molar-refractivity contribution in [2.45, 2.75) is 488 Å². The maximum Gasteiger partial charge on any atom is 0.305 e. The molecule has 2 atom stereocenters. The molecule has 0 aliphatic carbocycles. The average molecular weight is 1270 g/mol. The number of hydrogen-bond acceptors (Lipinski definition) is 5. The SMILES string of the molecule is CCCCCCCCCCCCCCCCCCCCCCCCC(O)C(CO)NC(=O)CCCCCCCCCCCCCCCCCCC/C=C\C/C=C\CCCCCCCCCCCCCCCOC(=O)CCCCCCCCCCCCCCCC. The van der Waals surface area contributed by atoms with E-state index >= 15 is 0 Å². The number of nitrogens with one attached hydrogen (secondary N) is 1. The normalized spacial score (nSPS) is 12.5. The lowest BCUT2D eigenvalue weighted by Crippen LogP contribution is -2.45. The van der Waals surface area contributed by atoms with E-state index in [0.717, 1.165) is 44.9 Å². The molecule has 6 nitrogen and oxygen atoms in total. The minimum atomic E-state index is -0.663. The topological polar surface area (TPSA) is 95.9 Å². The first-order chi connectivity index (χ1) is 44.5. The Balaban J connectivity index is 3.36. The molecular formula is C84H163NO5. The van der Waals surface area contributed by atoms with Gasteiger partial charge in [-0.15, -0.1) is 0 Å². The molecular weight excluding hydrogens is 1100 g/mol. The van der Waals surface area contributed by atoms with Gasteiger partial charge in [-0.25, -0.2) is 0 Å². The Morgan fingerprint density at radius 3 is 0.844 bits per heavy atom. The maximum absolute atomic E-state index is 12.6. The predicted molar refractivity (Wildman–Crippen MR) is 398 cm³/mol. The van der Waals surface area contributed by atoms with Crippen LogP contribution in [0.1, 0.15) is 476 Å². The van der Waals surface area contributed by atoms with Crippen molar-refractivity contribution >= 4 is 11.9 Å². The van der Waals surface area contributed by atoms with Crippen LogP contribution < -0.4 is 5.32 Å². The summed E-state index contributed by atoms with van der Waals surface area (Å²) in [7, 11) is 0. The van der Waals surface area contributed by atoms with Crippen LogP contribution in [0.4, 0.5) is 0 Å². The number of hydrogen-bond donors (Lipinski definition) is 3. The second-order valence-electron chi connectivity index (χ2n) is 28.8. The van der Waals surface area contributed by atoms with Crippen molar-refractivity contribution in [3.8, 4) is 0 Å². The van der Waals surface area contributed by atoms with Gasteiger partial charge in [-0.2, -0.15) is 0 Å². The predicted octanol–water partition coefficient (Wildman–Crippen LogP) is 27.6. The van der Waals surface area contributed by atoms with E-state index in [0.29, 0.717) is 25.9 Å². The first-order valence-electron chi connectivity index (χ1n) is 41.6. The zero-order valence-corrected chi connectivity index (χ0v) is 61.4. The number of rotatable bonds is 79. The van der Waals surface area contributed by atoms with E-state index in [1.54, 1.807) is 0 Å². The van der Waals surface area contributed by atoms with E-state index in [1.807, 2.05) is 0 Å². The molecule has 6 heteroatoms. The Hall–Kier alpha value is -1.66. The third kappa shape index (κ3) is 75.4. The fourth-order valence-electron chi connectivity index (χ4n) is 13.4. The lowest BCUT2D eigenvalue weighted by Gasteiger charge is -2.22. The van der Waals surface area contributed by atoms with Gasteiger partial charge in [0.2, 0.25) is 5.91 Å². The summed E-state index contributed by atoms with van der Waals surface area (Å²) in [6.07, 6.45) is 103. The Morgan fingerprint density at radius 1 is 0.311 bits per heavy atom. The van der Waals surface area contributed by atoms with E-state index < -0.39 is 12.1 Å². The third-order valence-electron chi connectivity index (χ3n) is 19.8. The van der Waals surface area contributed by atoms with Gasteiger partial charge in [0, 0.05) is 12.8 Å². The average Bonchev–Trinajstić information content (AvgIpc) is 3.65.